The van der Waals surface area contributed by atoms with E-state index in [1.54, 1.807) is 31.2 Å². The third-order valence-electron chi connectivity index (χ3n) is 5.74. The molecular weight excluding hydrogens is 448 g/mol. The lowest BCUT2D eigenvalue weighted by atomic mass is 10.1. The van der Waals surface area contributed by atoms with Crippen LogP contribution in [0.25, 0.3) is 0 Å². The second-order valence-corrected chi connectivity index (χ2v) is 8.78. The molecule has 2 rings (SSSR count). The zero-order valence-corrected chi connectivity index (χ0v) is 20.1. The van der Waals surface area contributed by atoms with E-state index in [0.717, 1.165) is 38.2 Å². The van der Waals surface area contributed by atoms with Crippen LogP contribution in [0.5, 0.6) is 5.75 Å². The molecule has 0 radical (unpaired) electrons. The lowest BCUT2D eigenvalue weighted by Gasteiger charge is -2.24. The predicted molar refractivity (Wildman–Crippen MR) is 123 cm³/mol. The number of unbranched alkanes of at least 4 members (excludes halogenated alkanes) is 1. The highest BCUT2D eigenvalue weighted by Gasteiger charge is 2.24. The van der Waals surface area contributed by atoms with Gasteiger partial charge in [-0.25, -0.2) is 18.4 Å². The number of amides is 1. The maximum absolute atomic E-state index is 13.1. The molecule has 0 heterocycles. The number of rotatable bonds is 15. The van der Waals surface area contributed by atoms with Crippen LogP contribution in [0.15, 0.2) is 24.3 Å². The Balaban J connectivity index is 1.84. The van der Waals surface area contributed by atoms with Gasteiger partial charge in [0.15, 0.2) is 6.10 Å². The summed E-state index contributed by atoms with van der Waals surface area (Å²) in [6.07, 6.45) is 3.21. The predicted octanol–water partition coefficient (Wildman–Crippen LogP) is 5.30. The molecule has 9 heteroatoms. The number of ether oxygens (including phenoxy) is 3. The van der Waals surface area contributed by atoms with Crippen LogP contribution < -0.4 is 4.74 Å². The van der Waals surface area contributed by atoms with E-state index < -0.39 is 24.1 Å². The highest BCUT2D eigenvalue weighted by Crippen LogP contribution is 2.23. The van der Waals surface area contributed by atoms with E-state index in [1.165, 1.54) is 4.90 Å². The van der Waals surface area contributed by atoms with Crippen molar-refractivity contribution in [2.24, 2.45) is 0 Å². The summed E-state index contributed by atoms with van der Waals surface area (Å²) < 4.78 is 42.7. The number of carboxylic acid groups (broad SMARTS) is 1. The Morgan fingerprint density at radius 2 is 1.82 bits per heavy atom. The number of aliphatic carboxylic acids is 1. The second kappa shape index (κ2) is 14.1. The molecule has 1 N–H and O–H groups in total. The van der Waals surface area contributed by atoms with E-state index in [-0.39, 0.29) is 32.1 Å². The minimum atomic E-state index is -2.71. The Morgan fingerprint density at radius 3 is 2.41 bits per heavy atom. The van der Waals surface area contributed by atoms with Crippen LogP contribution in [-0.4, -0.2) is 66.5 Å². The Morgan fingerprint density at radius 1 is 1.15 bits per heavy atom. The lowest BCUT2D eigenvalue weighted by molar-refractivity contribution is -0.149. The Labute approximate surface area is 200 Å². The number of nitrogens with zero attached hydrogens (tertiary/aromatic N) is 1. The monoisotopic (exact) mass is 485 g/mol. The highest BCUT2D eigenvalue weighted by molar-refractivity contribution is 5.72. The third kappa shape index (κ3) is 10.7. The van der Waals surface area contributed by atoms with E-state index in [9.17, 15) is 23.5 Å². The van der Waals surface area contributed by atoms with Crippen molar-refractivity contribution >= 4 is 12.1 Å². The number of benzene rings is 1. The third-order valence-corrected chi connectivity index (χ3v) is 5.74. The molecule has 1 fully saturated rings. The summed E-state index contributed by atoms with van der Waals surface area (Å²) in [6.45, 7) is 3.80. The van der Waals surface area contributed by atoms with E-state index in [1.807, 2.05) is 0 Å². The second-order valence-electron chi connectivity index (χ2n) is 8.78. The maximum atomic E-state index is 13.1. The van der Waals surface area contributed by atoms with E-state index in [2.05, 4.69) is 0 Å². The van der Waals surface area contributed by atoms with Crippen LogP contribution in [0.4, 0.5) is 13.6 Å². The standard InChI is InChI=1S/C25H37F2NO6/c1-3-32-22(23(29)30)18-19-10-12-20(13-11-19)33-17-16-28(15-7-6-14-25(2,26)27)24(31)34-21-8-4-5-9-21/h10-13,21-22H,3-9,14-18H2,1-2H3,(H,29,30). The molecule has 0 spiro atoms. The number of hydrogen-bond acceptors (Lipinski definition) is 5. The first-order valence-electron chi connectivity index (χ1n) is 12.1. The molecule has 0 aliphatic heterocycles. The number of halogens is 2. The van der Waals surface area contributed by atoms with Crippen molar-refractivity contribution < 1.29 is 37.7 Å². The van der Waals surface area contributed by atoms with Gasteiger partial charge in [-0.3, -0.25) is 0 Å². The number of alkyl halides is 2. The molecule has 1 aromatic carbocycles. The van der Waals surface area contributed by atoms with Gasteiger partial charge in [-0.2, -0.15) is 0 Å². The molecule has 1 aromatic rings. The van der Waals surface area contributed by atoms with Gasteiger partial charge < -0.3 is 24.2 Å². The topological polar surface area (TPSA) is 85.3 Å². The van der Waals surface area contributed by atoms with Gasteiger partial charge in [-0.15, -0.1) is 0 Å². The highest BCUT2D eigenvalue weighted by atomic mass is 19.3. The first-order valence-corrected chi connectivity index (χ1v) is 12.1. The number of carbonyl (C=O) groups excluding carboxylic acids is 1. The molecule has 7 nitrogen and oxygen atoms in total. The van der Waals surface area contributed by atoms with Crippen LogP contribution in [0.1, 0.15) is 64.4 Å². The summed E-state index contributed by atoms with van der Waals surface area (Å²) in [7, 11) is 0. The normalized spacial score (nSPS) is 15.2. The van der Waals surface area contributed by atoms with Crippen molar-refractivity contribution in [2.45, 2.75) is 83.3 Å². The minimum Gasteiger partial charge on any atom is -0.492 e. The van der Waals surface area contributed by atoms with Gasteiger partial charge in [-0.1, -0.05) is 12.1 Å². The summed E-state index contributed by atoms with van der Waals surface area (Å²) in [5.74, 6) is -3.13. The van der Waals surface area contributed by atoms with Crippen molar-refractivity contribution in [3.05, 3.63) is 29.8 Å². The molecule has 1 unspecified atom stereocenters. The molecule has 192 valence electrons. The zero-order chi connectivity index (χ0) is 25.0. The number of carbonyl (C=O) groups is 2. The first-order chi connectivity index (χ1) is 16.2. The fourth-order valence-corrected chi connectivity index (χ4v) is 3.88. The van der Waals surface area contributed by atoms with Gasteiger partial charge >= 0.3 is 12.1 Å². The van der Waals surface area contributed by atoms with Gasteiger partial charge in [0.1, 0.15) is 18.5 Å². The summed E-state index contributed by atoms with van der Waals surface area (Å²) in [6, 6.07) is 7.04. The fraction of sp³-hybridized carbons (Fsp3) is 0.680. The van der Waals surface area contributed by atoms with Crippen molar-refractivity contribution in [3.8, 4) is 5.75 Å². The van der Waals surface area contributed by atoms with Gasteiger partial charge in [0.05, 0.1) is 6.54 Å². The van der Waals surface area contributed by atoms with Crippen LogP contribution in [-0.2, 0) is 20.7 Å². The Hall–Kier alpha value is -2.42. The largest absolute Gasteiger partial charge is 0.492 e. The quantitative estimate of drug-likeness (QED) is 0.339. The van der Waals surface area contributed by atoms with Gasteiger partial charge in [0, 0.05) is 26.0 Å². The maximum Gasteiger partial charge on any atom is 0.410 e. The zero-order valence-electron chi connectivity index (χ0n) is 20.1. The Bertz CT molecular complexity index is 747. The van der Waals surface area contributed by atoms with E-state index in [0.29, 0.717) is 31.7 Å². The molecule has 1 atom stereocenters. The first kappa shape index (κ1) is 27.8. The molecule has 1 saturated carbocycles. The van der Waals surface area contributed by atoms with Crippen molar-refractivity contribution in [1.29, 1.82) is 0 Å². The average Bonchev–Trinajstić information content (AvgIpc) is 3.28. The Kier molecular flexibility index (Phi) is 11.5. The molecular formula is C25H37F2NO6. The van der Waals surface area contributed by atoms with E-state index >= 15 is 0 Å². The molecule has 0 aromatic heterocycles. The lowest BCUT2D eigenvalue weighted by Crippen LogP contribution is -2.37. The molecule has 1 aliphatic carbocycles. The molecule has 1 aliphatic rings. The number of carboxylic acids is 1. The van der Waals surface area contributed by atoms with Crippen LogP contribution in [0, 0.1) is 0 Å². The van der Waals surface area contributed by atoms with Crippen molar-refractivity contribution in [3.63, 3.8) is 0 Å². The average molecular weight is 486 g/mol. The molecule has 34 heavy (non-hydrogen) atoms. The molecule has 1 amide bonds. The summed E-state index contributed by atoms with van der Waals surface area (Å²) in [4.78, 5) is 25.4. The number of hydrogen-bond donors (Lipinski definition) is 1. The van der Waals surface area contributed by atoms with Crippen LogP contribution in [0.2, 0.25) is 0 Å². The molecule has 0 bridgehead atoms. The summed E-state index contributed by atoms with van der Waals surface area (Å²) in [5, 5.41) is 9.21. The summed E-state index contributed by atoms with van der Waals surface area (Å²) in [5.41, 5.74) is 0.808. The van der Waals surface area contributed by atoms with Crippen molar-refractivity contribution in [1.82, 2.24) is 4.90 Å². The smallest absolute Gasteiger partial charge is 0.410 e. The summed E-state index contributed by atoms with van der Waals surface area (Å²) >= 11 is 0. The van der Waals surface area contributed by atoms with Gasteiger partial charge in [0.25, 0.3) is 0 Å². The van der Waals surface area contributed by atoms with E-state index in [4.69, 9.17) is 14.2 Å². The van der Waals surface area contributed by atoms with Crippen LogP contribution >= 0.6 is 0 Å². The van der Waals surface area contributed by atoms with Gasteiger partial charge in [0.2, 0.25) is 5.92 Å². The van der Waals surface area contributed by atoms with Gasteiger partial charge in [-0.05, 0) is 70.1 Å². The SMILES string of the molecule is CCOC(Cc1ccc(OCCN(CCCCC(C)(F)F)C(=O)OC2CCCC2)cc1)C(=O)O. The minimum absolute atomic E-state index is 0.0743. The van der Waals surface area contributed by atoms with Crippen molar-refractivity contribution in [2.75, 3.05) is 26.3 Å². The fourth-order valence-electron chi connectivity index (χ4n) is 3.88. The molecule has 0 saturated heterocycles. The van der Waals surface area contributed by atoms with Crippen LogP contribution in [0.3, 0.4) is 0 Å².